The second-order valence-corrected chi connectivity index (χ2v) is 5.40. The van der Waals surface area contributed by atoms with Gasteiger partial charge in [-0.1, -0.05) is 41.9 Å². The predicted octanol–water partition coefficient (Wildman–Crippen LogP) is 3.47. The summed E-state index contributed by atoms with van der Waals surface area (Å²) in [4.78, 5) is 26.0. The first-order valence-corrected chi connectivity index (χ1v) is 7.05. The Morgan fingerprint density at radius 1 is 1.18 bits per heavy atom. The van der Waals surface area contributed by atoms with Crippen LogP contribution >= 0.6 is 11.6 Å². The number of carboxylic acids is 1. The first-order chi connectivity index (χ1) is 10.6. The highest BCUT2D eigenvalue weighted by molar-refractivity contribution is 6.32. The van der Waals surface area contributed by atoms with E-state index in [1.807, 2.05) is 30.3 Å². The lowest BCUT2D eigenvalue weighted by atomic mass is 10.0. The van der Waals surface area contributed by atoms with Gasteiger partial charge in [0.1, 0.15) is 5.56 Å². The summed E-state index contributed by atoms with van der Waals surface area (Å²) in [5.74, 6) is -1.26. The summed E-state index contributed by atoms with van der Waals surface area (Å²) in [5, 5.41) is 9.72. The second kappa shape index (κ2) is 5.66. The minimum Gasteiger partial charge on any atom is -0.477 e. The fraction of sp³-hybridized carbons (Fsp3) is 0.0588. The fourth-order valence-corrected chi connectivity index (χ4v) is 2.63. The van der Waals surface area contributed by atoms with Gasteiger partial charge >= 0.3 is 5.97 Å². The molecule has 0 spiro atoms. The number of benzene rings is 2. The molecule has 0 saturated heterocycles. The van der Waals surface area contributed by atoms with Crippen molar-refractivity contribution in [1.82, 2.24) is 4.98 Å². The van der Waals surface area contributed by atoms with Crippen molar-refractivity contribution in [1.29, 1.82) is 0 Å². The molecule has 0 aliphatic heterocycles. The van der Waals surface area contributed by atoms with Crippen LogP contribution in [0.1, 0.15) is 21.5 Å². The highest BCUT2D eigenvalue weighted by Crippen LogP contribution is 2.24. The van der Waals surface area contributed by atoms with E-state index in [9.17, 15) is 9.59 Å². The number of halogens is 1. The van der Waals surface area contributed by atoms with Gasteiger partial charge in [0.2, 0.25) is 5.43 Å². The van der Waals surface area contributed by atoms with Crippen LogP contribution in [-0.4, -0.2) is 16.1 Å². The lowest BCUT2D eigenvalue weighted by molar-refractivity contribution is 0.0695. The molecule has 5 heteroatoms. The molecule has 0 bridgehead atoms. The molecule has 3 aromatic rings. The van der Waals surface area contributed by atoms with Crippen LogP contribution < -0.4 is 5.43 Å². The van der Waals surface area contributed by atoms with E-state index in [1.165, 1.54) is 12.3 Å². The first kappa shape index (κ1) is 14.4. The lowest BCUT2D eigenvalue weighted by Crippen LogP contribution is -2.15. The van der Waals surface area contributed by atoms with Crippen molar-refractivity contribution in [2.45, 2.75) is 6.42 Å². The van der Waals surface area contributed by atoms with Crippen LogP contribution in [0.4, 0.5) is 0 Å². The molecule has 0 unspecified atom stereocenters. The topological polar surface area (TPSA) is 70.2 Å². The maximum atomic E-state index is 12.1. The molecule has 2 N–H and O–H groups in total. The van der Waals surface area contributed by atoms with Gasteiger partial charge in [-0.25, -0.2) is 4.79 Å². The van der Waals surface area contributed by atoms with Crippen LogP contribution in [-0.2, 0) is 6.42 Å². The van der Waals surface area contributed by atoms with Crippen LogP contribution in [0, 0.1) is 0 Å². The molecule has 3 rings (SSSR count). The van der Waals surface area contributed by atoms with Gasteiger partial charge < -0.3 is 10.1 Å². The third-order valence-electron chi connectivity index (χ3n) is 3.52. The van der Waals surface area contributed by atoms with Gasteiger partial charge in [0, 0.05) is 22.1 Å². The number of hydrogen-bond donors (Lipinski definition) is 2. The molecule has 1 heterocycles. The van der Waals surface area contributed by atoms with Crippen molar-refractivity contribution in [2.24, 2.45) is 0 Å². The Balaban J connectivity index is 2.12. The Hall–Kier alpha value is -2.59. The number of carboxylic acid groups (broad SMARTS) is 1. The molecule has 1 aromatic heterocycles. The molecule has 0 saturated carbocycles. The van der Waals surface area contributed by atoms with Gasteiger partial charge in [-0.15, -0.1) is 0 Å². The zero-order valence-corrected chi connectivity index (χ0v) is 12.2. The Morgan fingerprint density at radius 2 is 1.91 bits per heavy atom. The average molecular weight is 314 g/mol. The number of aromatic carboxylic acids is 1. The molecule has 0 atom stereocenters. The van der Waals surface area contributed by atoms with Crippen LogP contribution in [0.25, 0.3) is 10.9 Å². The summed E-state index contributed by atoms with van der Waals surface area (Å²) in [6.45, 7) is 0. The van der Waals surface area contributed by atoms with Gasteiger partial charge in [-0.3, -0.25) is 4.79 Å². The number of H-pyrrole nitrogens is 1. The summed E-state index contributed by atoms with van der Waals surface area (Å²) in [5.41, 5.74) is 1.73. The Kier molecular flexibility index (Phi) is 3.69. The quantitative estimate of drug-likeness (QED) is 0.778. The van der Waals surface area contributed by atoms with Gasteiger partial charge in [-0.2, -0.15) is 0 Å². The van der Waals surface area contributed by atoms with Gasteiger partial charge in [0.05, 0.1) is 0 Å². The SMILES string of the molecule is O=C(O)c1c[nH]c2cc(Cc3ccccc3)c(Cl)cc2c1=O. The van der Waals surface area contributed by atoms with E-state index in [-0.39, 0.29) is 10.9 Å². The van der Waals surface area contributed by atoms with Gasteiger partial charge in [0.15, 0.2) is 0 Å². The molecule has 0 fully saturated rings. The number of carbonyl (C=O) groups is 1. The highest BCUT2D eigenvalue weighted by atomic mass is 35.5. The number of pyridine rings is 1. The fourth-order valence-electron chi connectivity index (χ4n) is 2.40. The van der Waals surface area contributed by atoms with Crippen LogP contribution in [0.5, 0.6) is 0 Å². The second-order valence-electron chi connectivity index (χ2n) is 4.99. The maximum absolute atomic E-state index is 12.1. The van der Waals surface area contributed by atoms with Crippen molar-refractivity contribution in [3.05, 3.63) is 80.6 Å². The zero-order chi connectivity index (χ0) is 15.7. The minimum atomic E-state index is -1.26. The van der Waals surface area contributed by atoms with Crippen molar-refractivity contribution < 1.29 is 9.90 Å². The van der Waals surface area contributed by atoms with Gasteiger partial charge in [0.25, 0.3) is 0 Å². The number of aromatic nitrogens is 1. The number of nitrogens with one attached hydrogen (secondary N) is 1. The van der Waals surface area contributed by atoms with Crippen molar-refractivity contribution in [3.8, 4) is 0 Å². The Labute approximate surface area is 131 Å². The molecule has 0 aliphatic rings. The maximum Gasteiger partial charge on any atom is 0.341 e. The minimum absolute atomic E-state index is 0.279. The summed E-state index contributed by atoms with van der Waals surface area (Å²) >= 11 is 6.26. The largest absolute Gasteiger partial charge is 0.477 e. The average Bonchev–Trinajstić information content (AvgIpc) is 2.50. The summed E-state index contributed by atoms with van der Waals surface area (Å²) in [6.07, 6.45) is 1.85. The zero-order valence-electron chi connectivity index (χ0n) is 11.5. The van der Waals surface area contributed by atoms with Crippen LogP contribution in [0.2, 0.25) is 5.02 Å². The highest BCUT2D eigenvalue weighted by Gasteiger charge is 2.13. The Morgan fingerprint density at radius 3 is 2.59 bits per heavy atom. The van der Waals surface area contributed by atoms with Crippen LogP contribution in [0.15, 0.2) is 53.5 Å². The molecule has 110 valence electrons. The first-order valence-electron chi connectivity index (χ1n) is 6.67. The molecule has 4 nitrogen and oxygen atoms in total. The van der Waals surface area contributed by atoms with E-state index in [0.717, 1.165) is 11.1 Å². The lowest BCUT2D eigenvalue weighted by Gasteiger charge is -2.07. The van der Waals surface area contributed by atoms with E-state index in [0.29, 0.717) is 17.0 Å². The third kappa shape index (κ3) is 2.61. The van der Waals surface area contributed by atoms with Crippen molar-refractivity contribution >= 4 is 28.5 Å². The van der Waals surface area contributed by atoms with Crippen LogP contribution in [0.3, 0.4) is 0 Å². The molecule has 0 aliphatic carbocycles. The molecular formula is C17H12ClNO3. The standard InChI is InChI=1S/C17H12ClNO3/c18-14-8-12-15(19-9-13(16(12)20)17(21)22)7-11(14)6-10-4-2-1-3-5-10/h1-5,7-9H,6H2,(H,19,20)(H,21,22). The predicted molar refractivity (Wildman–Crippen MR) is 85.8 cm³/mol. The third-order valence-corrected chi connectivity index (χ3v) is 3.87. The Bertz CT molecular complexity index is 916. The molecular weight excluding hydrogens is 302 g/mol. The van der Waals surface area contributed by atoms with Gasteiger partial charge in [-0.05, 0) is 29.7 Å². The summed E-state index contributed by atoms with van der Waals surface area (Å²) in [6, 6.07) is 13.2. The number of rotatable bonds is 3. The van der Waals surface area contributed by atoms with E-state index in [2.05, 4.69) is 4.98 Å². The van der Waals surface area contributed by atoms with E-state index in [4.69, 9.17) is 16.7 Å². The molecule has 0 amide bonds. The summed E-state index contributed by atoms with van der Waals surface area (Å²) in [7, 11) is 0. The summed E-state index contributed by atoms with van der Waals surface area (Å²) < 4.78 is 0. The van der Waals surface area contributed by atoms with E-state index >= 15 is 0 Å². The number of hydrogen-bond acceptors (Lipinski definition) is 2. The number of aromatic amines is 1. The number of fused-ring (bicyclic) bond motifs is 1. The molecule has 2 aromatic carbocycles. The molecule has 22 heavy (non-hydrogen) atoms. The van der Waals surface area contributed by atoms with E-state index in [1.54, 1.807) is 6.07 Å². The van der Waals surface area contributed by atoms with E-state index < -0.39 is 11.4 Å². The van der Waals surface area contributed by atoms with Crippen molar-refractivity contribution in [2.75, 3.05) is 0 Å². The molecule has 0 radical (unpaired) electrons. The monoisotopic (exact) mass is 313 g/mol. The smallest absolute Gasteiger partial charge is 0.341 e. The normalized spacial score (nSPS) is 10.8. The van der Waals surface area contributed by atoms with Crippen molar-refractivity contribution in [3.63, 3.8) is 0 Å².